The lowest BCUT2D eigenvalue weighted by Crippen LogP contribution is -2.30. The van der Waals surface area contributed by atoms with Gasteiger partial charge in [-0.05, 0) is 43.3 Å². The van der Waals surface area contributed by atoms with Crippen molar-refractivity contribution in [1.82, 2.24) is 15.0 Å². The number of hydrogen-bond acceptors (Lipinski definition) is 6. The molecule has 2 aromatic heterocycles. The Balaban J connectivity index is 1.87. The van der Waals surface area contributed by atoms with E-state index in [2.05, 4.69) is 10.1 Å². The smallest absolute Gasteiger partial charge is 0.259 e. The molecule has 0 bridgehead atoms. The van der Waals surface area contributed by atoms with Gasteiger partial charge in [0.05, 0.1) is 7.11 Å². The molecule has 0 saturated carbocycles. The second-order valence-corrected chi connectivity index (χ2v) is 6.47. The first kappa shape index (κ1) is 19.6. The van der Waals surface area contributed by atoms with Crippen molar-refractivity contribution >= 4 is 5.91 Å². The summed E-state index contributed by atoms with van der Waals surface area (Å²) in [7, 11) is 3.30. The van der Waals surface area contributed by atoms with Crippen molar-refractivity contribution in [1.29, 1.82) is 0 Å². The number of likely N-dealkylation sites (N-methyl/N-ethyl adjacent to an activating group) is 1. The highest BCUT2D eigenvalue weighted by atomic mass is 16.5. The highest BCUT2D eigenvalue weighted by molar-refractivity contribution is 6.00. The van der Waals surface area contributed by atoms with E-state index in [1.807, 2.05) is 18.2 Å². The van der Waals surface area contributed by atoms with Crippen LogP contribution in [0.25, 0.3) is 11.3 Å². The maximum Gasteiger partial charge on any atom is 0.259 e. The Bertz CT molecular complexity index is 921. The van der Waals surface area contributed by atoms with Crippen molar-refractivity contribution in [2.24, 2.45) is 0 Å². The van der Waals surface area contributed by atoms with Gasteiger partial charge in [0.25, 0.3) is 5.91 Å². The molecule has 0 unspecified atom stereocenters. The maximum atomic E-state index is 13.1. The summed E-state index contributed by atoms with van der Waals surface area (Å²) < 4.78 is 10.5. The second kappa shape index (κ2) is 8.67. The molecule has 1 amide bonds. The molecule has 3 rings (SSSR count). The summed E-state index contributed by atoms with van der Waals surface area (Å²) >= 11 is 0. The van der Waals surface area contributed by atoms with Gasteiger partial charge in [-0.1, -0.05) is 11.2 Å². The molecule has 2 heterocycles. The summed E-state index contributed by atoms with van der Waals surface area (Å²) in [5.74, 6) is 0.586. The molecule has 1 aromatic carbocycles. The summed E-state index contributed by atoms with van der Waals surface area (Å²) in [5.41, 5.74) is 2.27. The zero-order valence-corrected chi connectivity index (χ0v) is 16.1. The van der Waals surface area contributed by atoms with Crippen LogP contribution in [0.3, 0.4) is 0 Å². The lowest BCUT2D eigenvalue weighted by atomic mass is 10.0. The van der Waals surface area contributed by atoms with Gasteiger partial charge in [0, 0.05) is 37.5 Å². The fourth-order valence-corrected chi connectivity index (χ4v) is 2.86. The zero-order valence-electron chi connectivity index (χ0n) is 16.1. The number of pyridine rings is 1. The van der Waals surface area contributed by atoms with Crippen molar-refractivity contribution in [3.8, 4) is 17.0 Å². The number of carbonyl (C=O) groups excluding carboxylic acids is 1. The number of rotatable bonds is 7. The van der Waals surface area contributed by atoms with Crippen LogP contribution in [0, 0.1) is 0 Å². The first-order valence-electron chi connectivity index (χ1n) is 8.98. The van der Waals surface area contributed by atoms with Crippen LogP contribution in [-0.2, 0) is 6.42 Å². The maximum absolute atomic E-state index is 13.1. The third-order valence-electron chi connectivity index (χ3n) is 4.45. The van der Waals surface area contributed by atoms with Crippen LogP contribution in [0.5, 0.6) is 5.75 Å². The molecule has 0 fully saturated rings. The molecule has 0 aliphatic heterocycles. The van der Waals surface area contributed by atoms with Crippen molar-refractivity contribution < 1.29 is 19.2 Å². The van der Waals surface area contributed by atoms with Crippen LogP contribution < -0.4 is 4.74 Å². The Hall–Kier alpha value is -3.19. The van der Waals surface area contributed by atoms with Gasteiger partial charge in [-0.15, -0.1) is 0 Å². The van der Waals surface area contributed by atoms with Crippen molar-refractivity contribution in [3.05, 3.63) is 65.7 Å². The minimum Gasteiger partial charge on any atom is -0.497 e. The predicted octanol–water partition coefficient (Wildman–Crippen LogP) is 3.11. The van der Waals surface area contributed by atoms with Gasteiger partial charge in [0.15, 0.2) is 5.76 Å². The summed E-state index contributed by atoms with van der Waals surface area (Å²) in [6.07, 6.45) is 1.39. The molecular formula is C21H23N3O4. The molecule has 146 valence electrons. The highest BCUT2D eigenvalue weighted by Gasteiger charge is 2.28. The van der Waals surface area contributed by atoms with Gasteiger partial charge >= 0.3 is 0 Å². The van der Waals surface area contributed by atoms with E-state index < -0.39 is 6.10 Å². The van der Waals surface area contributed by atoms with Gasteiger partial charge < -0.3 is 19.3 Å². The fourth-order valence-electron chi connectivity index (χ4n) is 2.86. The second-order valence-electron chi connectivity index (χ2n) is 6.47. The minimum absolute atomic E-state index is 0.153. The molecule has 3 aromatic rings. The number of nitrogens with zero attached hydrogens (tertiary/aromatic N) is 3. The van der Waals surface area contributed by atoms with Crippen molar-refractivity contribution in [3.63, 3.8) is 0 Å². The van der Waals surface area contributed by atoms with E-state index in [0.29, 0.717) is 30.0 Å². The van der Waals surface area contributed by atoms with Crippen LogP contribution in [-0.4, -0.2) is 46.8 Å². The van der Waals surface area contributed by atoms with Gasteiger partial charge in [0.2, 0.25) is 0 Å². The average molecular weight is 381 g/mol. The number of methoxy groups -OCH3 is 1. The van der Waals surface area contributed by atoms with Crippen LogP contribution in [0.2, 0.25) is 0 Å². The zero-order chi connectivity index (χ0) is 20.1. The molecule has 7 nitrogen and oxygen atoms in total. The Morgan fingerprint density at radius 1 is 1.25 bits per heavy atom. The van der Waals surface area contributed by atoms with Crippen molar-refractivity contribution in [2.75, 3.05) is 20.7 Å². The largest absolute Gasteiger partial charge is 0.497 e. The molecule has 0 radical (unpaired) electrons. The SMILES string of the molecule is COc1ccc(-c2noc([C@H](C)O)c2C(=O)N(C)CCc2ccccn2)cc1. The molecule has 1 atom stereocenters. The normalized spacial score (nSPS) is 11.9. The van der Waals surface area contributed by atoms with Crippen LogP contribution in [0.4, 0.5) is 0 Å². The molecule has 7 heteroatoms. The van der Waals surface area contributed by atoms with E-state index >= 15 is 0 Å². The Labute approximate surface area is 163 Å². The van der Waals surface area contributed by atoms with Crippen molar-refractivity contribution in [2.45, 2.75) is 19.4 Å². The Morgan fingerprint density at radius 3 is 2.61 bits per heavy atom. The topological polar surface area (TPSA) is 88.7 Å². The molecule has 0 spiro atoms. The van der Waals surface area contributed by atoms with Crippen LogP contribution in [0.15, 0.2) is 53.2 Å². The standard InChI is InChI=1S/C21H23N3O4/c1-14(25)20-18(19(23-28-20)15-7-9-17(27-3)10-8-15)21(26)24(2)13-11-16-6-4-5-12-22-16/h4-10,12,14,25H,11,13H2,1-3H3/t14-/m0/s1. The lowest BCUT2D eigenvalue weighted by Gasteiger charge is -2.18. The van der Waals surface area contributed by atoms with E-state index in [-0.39, 0.29) is 17.2 Å². The van der Waals surface area contributed by atoms with Gasteiger partial charge in [-0.25, -0.2) is 0 Å². The van der Waals surface area contributed by atoms with E-state index in [9.17, 15) is 9.90 Å². The number of aromatic nitrogens is 2. The van der Waals surface area contributed by atoms with Gasteiger partial charge in [0.1, 0.15) is 23.1 Å². The number of carbonyl (C=O) groups is 1. The van der Waals surface area contributed by atoms with E-state index in [4.69, 9.17) is 9.26 Å². The number of benzene rings is 1. The summed E-state index contributed by atoms with van der Waals surface area (Å²) in [5, 5.41) is 14.1. The highest BCUT2D eigenvalue weighted by Crippen LogP contribution is 2.31. The molecule has 1 N–H and O–H groups in total. The number of amides is 1. The monoisotopic (exact) mass is 381 g/mol. The van der Waals surface area contributed by atoms with Gasteiger partial charge in [-0.3, -0.25) is 9.78 Å². The summed E-state index contributed by atoms with van der Waals surface area (Å²) in [6, 6.07) is 12.8. The number of hydrogen-bond donors (Lipinski definition) is 1. The van der Waals surface area contributed by atoms with Crippen LogP contribution >= 0.6 is 0 Å². The molecule has 0 aliphatic rings. The van der Waals surface area contributed by atoms with E-state index in [1.165, 1.54) is 0 Å². The number of aliphatic hydroxyl groups is 1. The predicted molar refractivity (Wildman–Crippen MR) is 104 cm³/mol. The van der Waals surface area contributed by atoms with Gasteiger partial charge in [-0.2, -0.15) is 0 Å². The first-order valence-corrected chi connectivity index (χ1v) is 8.98. The van der Waals surface area contributed by atoms with Crippen LogP contribution in [0.1, 0.15) is 34.8 Å². The number of ether oxygens (including phenoxy) is 1. The average Bonchev–Trinajstić information content (AvgIpc) is 3.17. The first-order chi connectivity index (χ1) is 13.5. The quantitative estimate of drug-likeness (QED) is 0.676. The third-order valence-corrected chi connectivity index (χ3v) is 4.45. The number of aliphatic hydroxyl groups excluding tert-OH is 1. The minimum atomic E-state index is -0.956. The summed E-state index contributed by atoms with van der Waals surface area (Å²) in [6.45, 7) is 2.02. The molecule has 28 heavy (non-hydrogen) atoms. The summed E-state index contributed by atoms with van der Waals surface area (Å²) in [4.78, 5) is 19.0. The Kier molecular flexibility index (Phi) is 6.06. The Morgan fingerprint density at radius 2 is 2.00 bits per heavy atom. The molecule has 0 saturated heterocycles. The van der Waals surface area contributed by atoms with E-state index in [0.717, 1.165) is 5.69 Å². The lowest BCUT2D eigenvalue weighted by molar-refractivity contribution is 0.0784. The third kappa shape index (κ3) is 4.20. The molecule has 0 aliphatic carbocycles. The molecular weight excluding hydrogens is 358 g/mol. The van der Waals surface area contributed by atoms with E-state index in [1.54, 1.807) is 56.4 Å². The fraction of sp³-hybridized carbons (Fsp3) is 0.286.